The molecule has 5 aromatic rings. The number of halogens is 3. The molecule has 1 aliphatic heterocycles. The number of nitrogens with one attached hydrogen (secondary N) is 1. The van der Waals surface area contributed by atoms with E-state index in [1.807, 2.05) is 24.3 Å². The zero-order valence-corrected chi connectivity index (χ0v) is 24.6. The van der Waals surface area contributed by atoms with Crippen molar-refractivity contribution in [2.45, 2.75) is 44.9 Å². The Morgan fingerprint density at radius 1 is 1.23 bits per heavy atom. The number of amides is 2. The zero-order valence-electron chi connectivity index (χ0n) is 23.7. The fourth-order valence-corrected chi connectivity index (χ4v) is 6.08. The summed E-state index contributed by atoms with van der Waals surface area (Å²) in [5.74, 6) is -0.530. The van der Waals surface area contributed by atoms with Gasteiger partial charge in [-0.1, -0.05) is 24.3 Å². The third kappa shape index (κ3) is 5.52. The molecule has 4 heterocycles. The van der Waals surface area contributed by atoms with Gasteiger partial charge in [0, 0.05) is 54.4 Å². The number of benzene rings is 2. The Morgan fingerprint density at radius 2 is 2.00 bits per heavy atom. The Kier molecular flexibility index (Phi) is 7.84. The van der Waals surface area contributed by atoms with Crippen molar-refractivity contribution < 1.29 is 27.9 Å². The molecular formula is C30H28F3N7O3S. The molecule has 3 aromatic heterocycles. The topological polar surface area (TPSA) is 118 Å². The van der Waals surface area contributed by atoms with Gasteiger partial charge in [0.25, 0.3) is 12.3 Å². The number of hydrogen-bond acceptors (Lipinski definition) is 6. The van der Waals surface area contributed by atoms with Gasteiger partial charge in [0.15, 0.2) is 11.2 Å². The van der Waals surface area contributed by atoms with E-state index in [1.54, 1.807) is 23.1 Å². The Labute approximate surface area is 253 Å². The van der Waals surface area contributed by atoms with E-state index in [1.165, 1.54) is 46.6 Å². The summed E-state index contributed by atoms with van der Waals surface area (Å²) >= 11 is 1.22. The van der Waals surface area contributed by atoms with E-state index < -0.39 is 30.6 Å². The van der Waals surface area contributed by atoms with Crippen LogP contribution in [0.3, 0.4) is 0 Å². The molecule has 0 spiro atoms. The monoisotopic (exact) mass is 623 g/mol. The quantitative estimate of drug-likeness (QED) is 0.212. The molecule has 0 bridgehead atoms. The maximum Gasteiger partial charge on any atom is 0.407 e. The normalized spacial score (nSPS) is 15.1. The second-order valence-corrected chi connectivity index (χ2v) is 11.6. The highest BCUT2D eigenvalue weighted by atomic mass is 32.1. The summed E-state index contributed by atoms with van der Waals surface area (Å²) in [4.78, 5) is 34.5. The van der Waals surface area contributed by atoms with E-state index in [2.05, 4.69) is 20.4 Å². The summed E-state index contributed by atoms with van der Waals surface area (Å²) in [6.07, 6.45) is 0.0586. The molecule has 10 nitrogen and oxygen atoms in total. The average molecular weight is 624 g/mol. The van der Waals surface area contributed by atoms with E-state index in [0.717, 1.165) is 5.56 Å². The number of aryl methyl sites for hydroxylation is 1. The summed E-state index contributed by atoms with van der Waals surface area (Å²) in [6, 6.07) is 7.57. The predicted molar refractivity (Wildman–Crippen MR) is 159 cm³/mol. The van der Waals surface area contributed by atoms with Crippen LogP contribution in [0.1, 0.15) is 40.5 Å². The molecule has 14 heteroatoms. The van der Waals surface area contributed by atoms with Crippen LogP contribution in [-0.4, -0.2) is 66.1 Å². The maximum absolute atomic E-state index is 14.5. The SMILES string of the molecule is Cc1c(-c2ccc(CCN(C)C(=O)O)cc2)cc(C(F)F)c2cn(C(C(=O)Nc3nccs3)c3ncn4c3C[C@@H](F)C4)nc12. The van der Waals surface area contributed by atoms with Crippen LogP contribution < -0.4 is 5.32 Å². The second kappa shape index (κ2) is 11.8. The van der Waals surface area contributed by atoms with Crippen molar-refractivity contribution in [1.82, 2.24) is 29.2 Å². The number of fused-ring (bicyclic) bond motifs is 2. The van der Waals surface area contributed by atoms with Crippen LogP contribution in [0.2, 0.25) is 0 Å². The van der Waals surface area contributed by atoms with Crippen molar-refractivity contribution in [2.75, 3.05) is 18.9 Å². The molecule has 228 valence electrons. The van der Waals surface area contributed by atoms with Crippen molar-refractivity contribution in [3.63, 3.8) is 0 Å². The number of aromatic nitrogens is 5. The molecule has 0 saturated heterocycles. The maximum atomic E-state index is 14.5. The van der Waals surface area contributed by atoms with E-state index in [9.17, 15) is 22.8 Å². The molecule has 0 fully saturated rings. The van der Waals surface area contributed by atoms with Crippen LogP contribution in [-0.2, 0) is 24.2 Å². The lowest BCUT2D eigenvalue weighted by molar-refractivity contribution is -0.118. The van der Waals surface area contributed by atoms with Crippen LogP contribution in [0.5, 0.6) is 0 Å². The molecule has 1 aliphatic rings. The van der Waals surface area contributed by atoms with Crippen molar-refractivity contribution >= 4 is 39.4 Å². The molecule has 1 unspecified atom stereocenters. The van der Waals surface area contributed by atoms with E-state index in [4.69, 9.17) is 5.11 Å². The van der Waals surface area contributed by atoms with Gasteiger partial charge in [0.1, 0.15) is 6.17 Å². The lowest BCUT2D eigenvalue weighted by Gasteiger charge is -2.16. The minimum atomic E-state index is -2.83. The first-order valence-corrected chi connectivity index (χ1v) is 14.7. The van der Waals surface area contributed by atoms with Crippen molar-refractivity contribution in [3.05, 3.63) is 82.5 Å². The number of carbonyl (C=O) groups is 2. The number of hydrogen-bond donors (Lipinski definition) is 2. The van der Waals surface area contributed by atoms with Crippen molar-refractivity contribution in [3.8, 4) is 11.1 Å². The molecular weight excluding hydrogens is 595 g/mol. The predicted octanol–water partition coefficient (Wildman–Crippen LogP) is 5.88. The van der Waals surface area contributed by atoms with Gasteiger partial charge in [-0.3, -0.25) is 14.8 Å². The zero-order chi connectivity index (χ0) is 31.1. The van der Waals surface area contributed by atoms with E-state index >= 15 is 0 Å². The first-order valence-electron chi connectivity index (χ1n) is 13.8. The highest BCUT2D eigenvalue weighted by Gasteiger charge is 2.35. The van der Waals surface area contributed by atoms with Crippen LogP contribution >= 0.6 is 11.3 Å². The van der Waals surface area contributed by atoms with E-state index in [0.29, 0.717) is 51.7 Å². The number of anilines is 1. The van der Waals surface area contributed by atoms with Crippen LogP contribution in [0.15, 0.2) is 54.4 Å². The number of carbonyl (C=O) groups excluding carboxylic acids is 1. The number of imidazole rings is 1. The molecule has 6 rings (SSSR count). The number of likely N-dealkylation sites (N-methyl/N-ethyl adjacent to an activating group) is 1. The smallest absolute Gasteiger partial charge is 0.407 e. The van der Waals surface area contributed by atoms with Crippen LogP contribution in [0, 0.1) is 6.92 Å². The van der Waals surface area contributed by atoms with Crippen LogP contribution in [0.25, 0.3) is 22.0 Å². The first kappa shape index (κ1) is 29.4. The number of rotatable bonds is 9. The summed E-state index contributed by atoms with van der Waals surface area (Å²) in [7, 11) is 1.49. The molecule has 0 radical (unpaired) electrons. The van der Waals surface area contributed by atoms with Gasteiger partial charge in [-0.15, -0.1) is 11.3 Å². The average Bonchev–Trinajstić information content (AvgIpc) is 3.79. The number of alkyl halides is 3. The first-order chi connectivity index (χ1) is 21.1. The van der Waals surface area contributed by atoms with Gasteiger partial charge in [0.2, 0.25) is 0 Å². The molecule has 2 N–H and O–H groups in total. The fourth-order valence-electron chi connectivity index (χ4n) is 5.55. The fraction of sp³-hybridized carbons (Fsp3) is 0.300. The largest absolute Gasteiger partial charge is 0.465 e. The summed E-state index contributed by atoms with van der Waals surface area (Å²) in [5.41, 5.74) is 3.70. The van der Waals surface area contributed by atoms with Crippen molar-refractivity contribution in [1.29, 1.82) is 0 Å². The number of carboxylic acid groups (broad SMARTS) is 1. The molecule has 2 amide bonds. The van der Waals surface area contributed by atoms with Gasteiger partial charge in [0.05, 0.1) is 24.1 Å². The van der Waals surface area contributed by atoms with Gasteiger partial charge in [-0.05, 0) is 41.7 Å². The molecule has 0 saturated carbocycles. The van der Waals surface area contributed by atoms with Crippen molar-refractivity contribution in [2.24, 2.45) is 0 Å². The van der Waals surface area contributed by atoms with Gasteiger partial charge < -0.3 is 14.6 Å². The molecule has 0 aliphatic carbocycles. The number of thiazole rings is 1. The Hall–Kier alpha value is -4.72. The third-order valence-corrected chi connectivity index (χ3v) is 8.58. The summed E-state index contributed by atoms with van der Waals surface area (Å²) < 4.78 is 46.3. The summed E-state index contributed by atoms with van der Waals surface area (Å²) in [6.45, 7) is 2.22. The summed E-state index contributed by atoms with van der Waals surface area (Å²) in [5, 5.41) is 18.8. The molecule has 44 heavy (non-hydrogen) atoms. The minimum absolute atomic E-state index is 0.0746. The van der Waals surface area contributed by atoms with Gasteiger partial charge in [-0.2, -0.15) is 5.10 Å². The lowest BCUT2D eigenvalue weighted by Crippen LogP contribution is -2.28. The minimum Gasteiger partial charge on any atom is -0.465 e. The van der Waals surface area contributed by atoms with Crippen LogP contribution in [0.4, 0.5) is 23.1 Å². The standard InChI is InChI=1S/C30H28F3N7O3S/c1-16-20(18-5-3-17(4-6-18)7-9-38(2)30(42)43)12-21(27(32)33)22-14-40(37-24(16)22)26(28(41)36-29-34-8-10-44-29)25-23-11-19(31)13-39(23)15-35-25/h3-6,8,10,12,14-15,19,26-27H,7,9,11,13H2,1-2H3,(H,42,43)(H,34,36,41)/t19-,26?/m1/s1. The highest BCUT2D eigenvalue weighted by molar-refractivity contribution is 7.13. The Bertz CT molecular complexity index is 1840. The van der Waals surface area contributed by atoms with Gasteiger partial charge >= 0.3 is 6.09 Å². The lowest BCUT2D eigenvalue weighted by atomic mass is 9.94. The highest BCUT2D eigenvalue weighted by Crippen LogP contribution is 2.38. The van der Waals surface area contributed by atoms with E-state index in [-0.39, 0.29) is 23.9 Å². The number of nitrogens with zero attached hydrogens (tertiary/aromatic N) is 6. The Balaban J connectivity index is 1.41. The molecule has 2 atom stereocenters. The van der Waals surface area contributed by atoms with Gasteiger partial charge in [-0.25, -0.2) is 27.9 Å². The third-order valence-electron chi connectivity index (χ3n) is 7.89. The second-order valence-electron chi connectivity index (χ2n) is 10.7. The Morgan fingerprint density at radius 3 is 2.68 bits per heavy atom. The molecule has 2 aromatic carbocycles.